The van der Waals surface area contributed by atoms with E-state index in [-0.39, 0.29) is 17.6 Å². The van der Waals surface area contributed by atoms with Gasteiger partial charge in [-0.05, 0) is 42.5 Å². The average molecular weight is 331 g/mol. The molecule has 0 unspecified atom stereocenters. The summed E-state index contributed by atoms with van der Waals surface area (Å²) in [7, 11) is 0. The number of nitro groups is 1. The number of carbonyl (C=O) groups is 1. The number of benzene rings is 2. The van der Waals surface area contributed by atoms with E-state index in [1.165, 1.54) is 18.2 Å². The van der Waals surface area contributed by atoms with Gasteiger partial charge in [0.2, 0.25) is 0 Å². The van der Waals surface area contributed by atoms with Crippen LogP contribution in [0.15, 0.2) is 48.5 Å². The minimum atomic E-state index is -0.506. The summed E-state index contributed by atoms with van der Waals surface area (Å²) in [6.45, 7) is 0. The Labute approximate surface area is 138 Å². The molecule has 1 amide bonds. The average Bonchev–Trinajstić information content (AvgIpc) is 3.38. The monoisotopic (exact) mass is 330 g/mol. The fraction of sp³-hybridized carbons (Fsp3) is 0.235. The van der Waals surface area contributed by atoms with Crippen LogP contribution in [0.1, 0.15) is 34.8 Å². The fourth-order valence-corrected chi connectivity index (χ4v) is 2.68. The number of amides is 1. The molecule has 0 radical (unpaired) electrons. The molecule has 1 aliphatic carbocycles. The lowest BCUT2D eigenvalue weighted by Gasteiger charge is -2.19. The number of hydrogen-bond acceptors (Lipinski definition) is 3. The maximum atomic E-state index is 12.4. The van der Waals surface area contributed by atoms with Gasteiger partial charge in [-0.1, -0.05) is 29.8 Å². The third kappa shape index (κ3) is 3.68. The summed E-state index contributed by atoms with van der Waals surface area (Å²) in [6.07, 6.45) is 2.12. The molecule has 5 nitrogen and oxygen atoms in total. The Morgan fingerprint density at radius 2 is 1.91 bits per heavy atom. The fourth-order valence-electron chi connectivity index (χ4n) is 2.56. The number of rotatable bonds is 5. The number of nitrogens with zero attached hydrogens (tertiary/aromatic N) is 1. The van der Waals surface area contributed by atoms with Crippen LogP contribution in [0.2, 0.25) is 5.02 Å². The van der Waals surface area contributed by atoms with E-state index in [4.69, 9.17) is 11.6 Å². The predicted octanol–water partition coefficient (Wildman–Crippen LogP) is 4.13. The maximum Gasteiger partial charge on any atom is 0.270 e. The SMILES string of the molecule is O=C(N[C@@H](c1ccc(Cl)cc1)C1CC1)c1cccc([N+](=O)[O-])c1. The smallest absolute Gasteiger partial charge is 0.270 e. The van der Waals surface area contributed by atoms with Crippen LogP contribution < -0.4 is 5.32 Å². The number of hydrogen-bond donors (Lipinski definition) is 1. The van der Waals surface area contributed by atoms with Crippen molar-refractivity contribution in [2.24, 2.45) is 5.92 Å². The minimum Gasteiger partial charge on any atom is -0.345 e. The zero-order valence-electron chi connectivity index (χ0n) is 12.2. The number of nitrogens with one attached hydrogen (secondary N) is 1. The summed E-state index contributed by atoms with van der Waals surface area (Å²) < 4.78 is 0. The highest BCUT2D eigenvalue weighted by atomic mass is 35.5. The van der Waals surface area contributed by atoms with Gasteiger partial charge in [-0.15, -0.1) is 0 Å². The number of non-ortho nitro benzene ring substituents is 1. The third-order valence-electron chi connectivity index (χ3n) is 3.93. The normalized spacial score (nSPS) is 15.0. The molecular weight excluding hydrogens is 316 g/mol. The first-order chi connectivity index (χ1) is 11.0. The first-order valence-electron chi connectivity index (χ1n) is 7.35. The van der Waals surface area contributed by atoms with Crippen molar-refractivity contribution < 1.29 is 9.72 Å². The van der Waals surface area contributed by atoms with Gasteiger partial charge in [0.05, 0.1) is 11.0 Å². The molecule has 1 N–H and O–H groups in total. The highest BCUT2D eigenvalue weighted by Gasteiger charge is 2.33. The topological polar surface area (TPSA) is 72.2 Å². The second-order valence-electron chi connectivity index (χ2n) is 5.65. The first kappa shape index (κ1) is 15.5. The molecule has 0 heterocycles. The molecule has 0 aliphatic heterocycles. The molecule has 1 fully saturated rings. The van der Waals surface area contributed by atoms with Crippen LogP contribution in [0, 0.1) is 16.0 Å². The molecule has 1 atom stereocenters. The molecule has 0 bridgehead atoms. The third-order valence-corrected chi connectivity index (χ3v) is 4.18. The summed E-state index contributed by atoms with van der Waals surface area (Å²) in [5, 5.41) is 14.5. The van der Waals surface area contributed by atoms with Crippen molar-refractivity contribution in [2.75, 3.05) is 0 Å². The van der Waals surface area contributed by atoms with Crippen molar-refractivity contribution in [1.29, 1.82) is 0 Å². The van der Waals surface area contributed by atoms with E-state index in [1.54, 1.807) is 18.2 Å². The first-order valence-corrected chi connectivity index (χ1v) is 7.73. The van der Waals surface area contributed by atoms with Gasteiger partial charge >= 0.3 is 0 Å². The quantitative estimate of drug-likeness (QED) is 0.661. The zero-order valence-corrected chi connectivity index (χ0v) is 13.0. The number of carbonyl (C=O) groups excluding carboxylic acids is 1. The van der Waals surface area contributed by atoms with Gasteiger partial charge < -0.3 is 5.32 Å². The van der Waals surface area contributed by atoms with Gasteiger partial charge in [-0.3, -0.25) is 14.9 Å². The molecule has 0 saturated heterocycles. The van der Waals surface area contributed by atoms with Gasteiger partial charge in [-0.25, -0.2) is 0 Å². The molecule has 2 aromatic rings. The van der Waals surface area contributed by atoms with Gasteiger partial charge in [0.15, 0.2) is 0 Å². The van der Waals surface area contributed by atoms with Crippen LogP contribution in [0.25, 0.3) is 0 Å². The lowest BCUT2D eigenvalue weighted by molar-refractivity contribution is -0.384. The van der Waals surface area contributed by atoms with Crippen molar-refractivity contribution in [3.05, 3.63) is 74.8 Å². The summed E-state index contributed by atoms with van der Waals surface area (Å²) in [4.78, 5) is 22.8. The van der Waals surface area contributed by atoms with Crippen molar-refractivity contribution in [1.82, 2.24) is 5.32 Å². The van der Waals surface area contributed by atoms with Crippen LogP contribution in [0.4, 0.5) is 5.69 Å². The lowest BCUT2D eigenvalue weighted by Crippen LogP contribution is -2.29. The molecule has 3 rings (SSSR count). The van der Waals surface area contributed by atoms with Crippen LogP contribution in [0.3, 0.4) is 0 Å². The molecule has 1 aliphatic rings. The van der Waals surface area contributed by atoms with Crippen LogP contribution >= 0.6 is 11.6 Å². The van der Waals surface area contributed by atoms with Crippen molar-refractivity contribution in [3.8, 4) is 0 Å². The van der Waals surface area contributed by atoms with E-state index in [0.717, 1.165) is 18.4 Å². The van der Waals surface area contributed by atoms with E-state index in [2.05, 4.69) is 5.32 Å². The Morgan fingerprint density at radius 1 is 1.22 bits per heavy atom. The Kier molecular flexibility index (Phi) is 4.30. The summed E-state index contributed by atoms with van der Waals surface area (Å²) in [5.74, 6) is 0.0966. The molecule has 23 heavy (non-hydrogen) atoms. The Bertz CT molecular complexity index is 742. The van der Waals surface area contributed by atoms with Crippen molar-refractivity contribution in [3.63, 3.8) is 0 Å². The highest BCUT2D eigenvalue weighted by molar-refractivity contribution is 6.30. The molecular formula is C17H15ClN2O3. The van der Waals surface area contributed by atoms with Gasteiger partial charge in [0, 0.05) is 22.7 Å². The highest BCUT2D eigenvalue weighted by Crippen LogP contribution is 2.41. The minimum absolute atomic E-state index is 0.0906. The molecule has 0 aromatic heterocycles. The summed E-state index contributed by atoms with van der Waals surface area (Å²) in [6, 6.07) is 13.1. The van der Waals surface area contributed by atoms with Gasteiger partial charge in [0.1, 0.15) is 0 Å². The Hall–Kier alpha value is -2.40. The Morgan fingerprint density at radius 3 is 2.52 bits per heavy atom. The van der Waals surface area contributed by atoms with Crippen LogP contribution in [-0.4, -0.2) is 10.8 Å². The van der Waals surface area contributed by atoms with E-state index in [9.17, 15) is 14.9 Å². The second kappa shape index (κ2) is 6.38. The van der Waals surface area contributed by atoms with E-state index in [1.807, 2.05) is 12.1 Å². The molecule has 2 aromatic carbocycles. The zero-order chi connectivity index (χ0) is 16.4. The predicted molar refractivity (Wildman–Crippen MR) is 87.5 cm³/mol. The number of nitro benzene ring substituents is 1. The largest absolute Gasteiger partial charge is 0.345 e. The van der Waals surface area contributed by atoms with Crippen LogP contribution in [-0.2, 0) is 0 Å². The van der Waals surface area contributed by atoms with Gasteiger partial charge in [0.25, 0.3) is 11.6 Å². The molecule has 118 valence electrons. The van der Waals surface area contributed by atoms with E-state index >= 15 is 0 Å². The van der Waals surface area contributed by atoms with Gasteiger partial charge in [-0.2, -0.15) is 0 Å². The molecule has 1 saturated carbocycles. The standard InChI is InChI=1S/C17H15ClN2O3/c18-14-8-6-12(7-9-14)16(11-4-5-11)19-17(21)13-2-1-3-15(10-13)20(22)23/h1-3,6-11,16H,4-5H2,(H,19,21)/t16-/m1/s1. The second-order valence-corrected chi connectivity index (χ2v) is 6.08. The maximum absolute atomic E-state index is 12.4. The van der Waals surface area contributed by atoms with Crippen LogP contribution in [0.5, 0.6) is 0 Å². The molecule has 6 heteroatoms. The van der Waals surface area contributed by atoms with E-state index in [0.29, 0.717) is 16.5 Å². The Balaban J connectivity index is 1.80. The van der Waals surface area contributed by atoms with E-state index < -0.39 is 4.92 Å². The van der Waals surface area contributed by atoms with Crippen molar-refractivity contribution >= 4 is 23.2 Å². The number of halogens is 1. The summed E-state index contributed by atoms with van der Waals surface area (Å²) in [5.41, 5.74) is 1.20. The lowest BCUT2D eigenvalue weighted by atomic mass is 10.0. The van der Waals surface area contributed by atoms with Crippen molar-refractivity contribution in [2.45, 2.75) is 18.9 Å². The summed E-state index contributed by atoms with van der Waals surface area (Å²) >= 11 is 5.91. The molecule has 0 spiro atoms.